The monoisotopic (exact) mass is 521 g/mol. The average molecular weight is 522 g/mol. The molecule has 0 spiro atoms. The van der Waals surface area contributed by atoms with Crippen molar-refractivity contribution in [2.24, 2.45) is 0 Å². The van der Waals surface area contributed by atoms with Crippen LogP contribution in [0.3, 0.4) is 0 Å². The van der Waals surface area contributed by atoms with Crippen LogP contribution in [0.15, 0.2) is 53.4 Å². The second-order valence-electron chi connectivity index (χ2n) is 8.58. The van der Waals surface area contributed by atoms with Crippen LogP contribution in [0.4, 0.5) is 16.2 Å². The SMILES string of the molecule is COc1cc(OC)nc(-c2cccc(CNCC[C@@H]3CN(c4ccc5c(c4)NC(=O)CS5)C(=O)O3)c2)n1. The molecule has 192 valence electrons. The Morgan fingerprint density at radius 2 is 1.92 bits per heavy atom. The number of thioether (sulfide) groups is 1. The molecule has 2 amide bonds. The first-order valence-corrected chi connectivity index (χ1v) is 12.8. The lowest BCUT2D eigenvalue weighted by Gasteiger charge is -2.20. The summed E-state index contributed by atoms with van der Waals surface area (Å²) in [5, 5.41) is 6.28. The second-order valence-corrected chi connectivity index (χ2v) is 9.59. The summed E-state index contributed by atoms with van der Waals surface area (Å²) in [6.45, 7) is 1.78. The van der Waals surface area contributed by atoms with Crippen molar-refractivity contribution in [2.45, 2.75) is 24.0 Å². The minimum absolute atomic E-state index is 0.0381. The van der Waals surface area contributed by atoms with Gasteiger partial charge in [0.2, 0.25) is 17.7 Å². The Balaban J connectivity index is 1.14. The van der Waals surface area contributed by atoms with E-state index in [2.05, 4.69) is 20.6 Å². The third-order valence-electron chi connectivity index (χ3n) is 6.04. The van der Waals surface area contributed by atoms with Crippen molar-refractivity contribution in [3.63, 3.8) is 0 Å². The van der Waals surface area contributed by atoms with E-state index in [1.54, 1.807) is 25.2 Å². The number of amides is 2. The lowest BCUT2D eigenvalue weighted by atomic mass is 10.1. The van der Waals surface area contributed by atoms with Crippen molar-refractivity contribution < 1.29 is 23.8 Å². The Morgan fingerprint density at radius 3 is 2.70 bits per heavy atom. The number of carbonyl (C=O) groups is 2. The van der Waals surface area contributed by atoms with Gasteiger partial charge in [-0.1, -0.05) is 18.2 Å². The fraction of sp³-hybridized carbons (Fsp3) is 0.308. The Bertz CT molecular complexity index is 1300. The molecule has 2 N–H and O–H groups in total. The molecule has 3 heterocycles. The van der Waals surface area contributed by atoms with Gasteiger partial charge < -0.3 is 24.8 Å². The van der Waals surface area contributed by atoms with Crippen molar-refractivity contribution in [1.29, 1.82) is 0 Å². The minimum atomic E-state index is -0.374. The molecule has 1 saturated heterocycles. The van der Waals surface area contributed by atoms with Crippen molar-refractivity contribution in [2.75, 3.05) is 43.3 Å². The number of cyclic esters (lactones) is 1. The summed E-state index contributed by atoms with van der Waals surface area (Å²) in [6, 6.07) is 15.2. The molecule has 0 saturated carbocycles. The molecule has 0 radical (unpaired) electrons. The number of nitrogens with zero attached hydrogens (tertiary/aromatic N) is 3. The predicted octanol–water partition coefficient (Wildman–Crippen LogP) is 3.71. The first-order valence-electron chi connectivity index (χ1n) is 11.8. The summed E-state index contributed by atoms with van der Waals surface area (Å²) < 4.78 is 16.1. The molecule has 0 aliphatic carbocycles. The molecular formula is C26H27N5O5S. The van der Waals surface area contributed by atoms with E-state index in [4.69, 9.17) is 14.2 Å². The predicted molar refractivity (Wildman–Crippen MR) is 140 cm³/mol. The molecule has 0 bridgehead atoms. The van der Waals surface area contributed by atoms with Gasteiger partial charge in [0.25, 0.3) is 0 Å². The van der Waals surface area contributed by atoms with Gasteiger partial charge in [0.1, 0.15) is 6.10 Å². The zero-order chi connectivity index (χ0) is 25.8. The third kappa shape index (κ3) is 5.78. The van der Waals surface area contributed by atoms with E-state index in [0.717, 1.165) is 27.4 Å². The minimum Gasteiger partial charge on any atom is -0.481 e. The number of benzene rings is 2. The number of anilines is 2. The van der Waals surface area contributed by atoms with Gasteiger partial charge in [-0.15, -0.1) is 11.8 Å². The van der Waals surface area contributed by atoms with E-state index < -0.39 is 0 Å². The van der Waals surface area contributed by atoms with Crippen molar-refractivity contribution >= 4 is 35.1 Å². The molecule has 10 nitrogen and oxygen atoms in total. The third-order valence-corrected chi connectivity index (χ3v) is 7.11. The summed E-state index contributed by atoms with van der Waals surface area (Å²) in [5.74, 6) is 1.76. The molecule has 1 aromatic heterocycles. The summed E-state index contributed by atoms with van der Waals surface area (Å²) in [4.78, 5) is 35.7. The molecule has 0 unspecified atom stereocenters. The summed E-state index contributed by atoms with van der Waals surface area (Å²) >= 11 is 1.49. The molecule has 2 aromatic carbocycles. The van der Waals surface area contributed by atoms with Crippen LogP contribution in [0.5, 0.6) is 11.8 Å². The van der Waals surface area contributed by atoms with Crippen LogP contribution >= 0.6 is 11.8 Å². The Morgan fingerprint density at radius 1 is 1.11 bits per heavy atom. The standard InChI is InChI=1S/C26H27N5O5S/c1-34-23-12-24(35-2)30-25(29-23)17-5-3-4-16(10-17)13-27-9-8-19-14-31(26(33)36-19)18-6-7-21-20(11-18)28-22(32)15-37-21/h3-7,10-12,19,27H,8-9,13-15H2,1-2H3,(H,28,32)/t19-/m1/s1. The molecule has 2 aliphatic heterocycles. The smallest absolute Gasteiger partial charge is 0.414 e. The summed E-state index contributed by atoms with van der Waals surface area (Å²) in [6.07, 6.45) is 0.0838. The lowest BCUT2D eigenvalue weighted by molar-refractivity contribution is -0.113. The van der Waals surface area contributed by atoms with Gasteiger partial charge in [0.05, 0.1) is 38.3 Å². The van der Waals surface area contributed by atoms with Gasteiger partial charge in [-0.05, 0) is 42.8 Å². The van der Waals surface area contributed by atoms with Crippen molar-refractivity contribution in [1.82, 2.24) is 15.3 Å². The summed E-state index contributed by atoms with van der Waals surface area (Å²) in [7, 11) is 3.11. The maximum Gasteiger partial charge on any atom is 0.414 e. The van der Waals surface area contributed by atoms with Gasteiger partial charge in [-0.3, -0.25) is 9.69 Å². The Kier molecular flexibility index (Phi) is 7.42. The number of hydrogen-bond acceptors (Lipinski definition) is 9. The number of carbonyl (C=O) groups excluding carboxylic acids is 2. The summed E-state index contributed by atoms with van der Waals surface area (Å²) in [5.41, 5.74) is 3.38. The van der Waals surface area contributed by atoms with Crippen molar-refractivity contribution in [3.05, 3.63) is 54.1 Å². The maximum absolute atomic E-state index is 12.5. The van der Waals surface area contributed by atoms with Gasteiger partial charge in [-0.25, -0.2) is 4.79 Å². The Hall–Kier alpha value is -3.83. The highest BCUT2D eigenvalue weighted by Crippen LogP contribution is 2.35. The number of hydrogen-bond donors (Lipinski definition) is 2. The van der Waals surface area contributed by atoms with E-state index in [9.17, 15) is 9.59 Å². The fourth-order valence-corrected chi connectivity index (χ4v) is 4.97. The first kappa shape index (κ1) is 24.8. The topological polar surface area (TPSA) is 115 Å². The molecule has 2 aliphatic rings. The fourth-order valence-electron chi connectivity index (χ4n) is 4.18. The van der Waals surface area contributed by atoms with Gasteiger partial charge in [0.15, 0.2) is 5.82 Å². The van der Waals surface area contributed by atoms with Crippen LogP contribution in [0, 0.1) is 0 Å². The van der Waals surface area contributed by atoms with E-state index in [-0.39, 0.29) is 18.1 Å². The quantitative estimate of drug-likeness (QED) is 0.407. The normalized spacial score (nSPS) is 16.7. The molecule has 3 aromatic rings. The number of methoxy groups -OCH3 is 2. The highest BCUT2D eigenvalue weighted by Gasteiger charge is 2.32. The maximum atomic E-state index is 12.5. The number of nitrogens with one attached hydrogen (secondary N) is 2. The largest absolute Gasteiger partial charge is 0.481 e. The highest BCUT2D eigenvalue weighted by molar-refractivity contribution is 8.00. The van der Waals surface area contributed by atoms with Crippen LogP contribution in [0.2, 0.25) is 0 Å². The van der Waals surface area contributed by atoms with E-state index in [1.807, 2.05) is 42.5 Å². The number of fused-ring (bicyclic) bond motifs is 1. The average Bonchev–Trinajstić information content (AvgIpc) is 3.30. The Labute approximate surface area is 218 Å². The molecule has 1 atom stereocenters. The van der Waals surface area contributed by atoms with E-state index >= 15 is 0 Å². The van der Waals surface area contributed by atoms with Crippen LogP contribution in [0.25, 0.3) is 11.4 Å². The first-order chi connectivity index (χ1) is 18.0. The number of ether oxygens (including phenoxy) is 3. The molecule has 1 fully saturated rings. The van der Waals surface area contributed by atoms with Gasteiger partial charge in [0, 0.05) is 22.7 Å². The van der Waals surface area contributed by atoms with Crippen LogP contribution < -0.4 is 25.0 Å². The van der Waals surface area contributed by atoms with Gasteiger partial charge >= 0.3 is 6.09 Å². The lowest BCUT2D eigenvalue weighted by Crippen LogP contribution is -2.26. The zero-order valence-electron chi connectivity index (χ0n) is 20.5. The zero-order valence-corrected chi connectivity index (χ0v) is 21.3. The molecular weight excluding hydrogens is 494 g/mol. The van der Waals surface area contributed by atoms with Gasteiger partial charge in [-0.2, -0.15) is 9.97 Å². The second kappa shape index (κ2) is 11.1. The van der Waals surface area contributed by atoms with E-state index in [0.29, 0.717) is 49.4 Å². The van der Waals surface area contributed by atoms with Crippen LogP contribution in [-0.2, 0) is 16.1 Å². The van der Waals surface area contributed by atoms with E-state index in [1.165, 1.54) is 11.8 Å². The van der Waals surface area contributed by atoms with Crippen LogP contribution in [-0.4, -0.2) is 61.1 Å². The molecule has 11 heteroatoms. The molecule has 37 heavy (non-hydrogen) atoms. The van der Waals surface area contributed by atoms with Crippen LogP contribution in [0.1, 0.15) is 12.0 Å². The number of aromatic nitrogens is 2. The van der Waals surface area contributed by atoms with Crippen molar-refractivity contribution in [3.8, 4) is 23.1 Å². The molecule has 5 rings (SSSR count). The highest BCUT2D eigenvalue weighted by atomic mass is 32.2. The number of rotatable bonds is 9.